The number of pyridine rings is 1. The molecule has 6 heteroatoms. The molecule has 0 unspecified atom stereocenters. The van der Waals surface area contributed by atoms with E-state index in [0.717, 1.165) is 0 Å². The van der Waals surface area contributed by atoms with Gasteiger partial charge >= 0.3 is 0 Å². The third-order valence-electron chi connectivity index (χ3n) is 2.88. The average Bonchev–Trinajstić information content (AvgIpc) is 2.29. The molecule has 1 rings (SSSR count). The van der Waals surface area contributed by atoms with Crippen LogP contribution in [0.25, 0.3) is 0 Å². The van der Waals surface area contributed by atoms with E-state index in [2.05, 4.69) is 42.9 Å². The molecule has 3 nitrogen and oxygen atoms in total. The van der Waals surface area contributed by atoms with Gasteiger partial charge in [-0.2, -0.15) is 9.37 Å². The molecule has 1 heterocycles. The summed E-state index contributed by atoms with van der Waals surface area (Å²) < 4.78 is 38.9. The minimum absolute atomic E-state index is 0.258. The summed E-state index contributed by atoms with van der Waals surface area (Å²) in [5.74, 6) is -3.73. The second-order valence-corrected chi connectivity index (χ2v) is 4.94. The minimum Gasteiger partial charge on any atom is -0.366 e. The zero-order chi connectivity index (χ0) is 14.6. The summed E-state index contributed by atoms with van der Waals surface area (Å²) in [7, 11) is 0. The number of nitrogens with zero attached hydrogens (tertiary/aromatic N) is 2. The smallest absolute Gasteiger partial charge is 0.251 e. The second-order valence-electron chi connectivity index (χ2n) is 4.94. The molecule has 0 aliphatic heterocycles. The van der Waals surface area contributed by atoms with Crippen molar-refractivity contribution in [2.45, 2.75) is 39.8 Å². The van der Waals surface area contributed by atoms with Crippen LogP contribution in [0.1, 0.15) is 27.7 Å². The Balaban J connectivity index is 2.60. The van der Waals surface area contributed by atoms with E-state index in [1.165, 1.54) is 0 Å². The SMILES string of the molecule is CC(C)N(CCNc1nc(F)c(F)cc1F)C(C)C. The Morgan fingerprint density at radius 1 is 1.11 bits per heavy atom. The maximum absolute atomic E-state index is 13.3. The minimum atomic E-state index is -1.30. The third-order valence-corrected chi connectivity index (χ3v) is 2.88. The molecule has 0 radical (unpaired) electrons. The molecule has 0 saturated carbocycles. The Bertz CT molecular complexity index is 414. The largest absolute Gasteiger partial charge is 0.366 e. The van der Waals surface area contributed by atoms with Crippen molar-refractivity contribution in [2.75, 3.05) is 18.4 Å². The van der Waals surface area contributed by atoms with Gasteiger partial charge < -0.3 is 5.32 Å². The summed E-state index contributed by atoms with van der Waals surface area (Å²) in [5.41, 5.74) is 0. The van der Waals surface area contributed by atoms with E-state index in [1.807, 2.05) is 0 Å². The molecule has 0 atom stereocenters. The zero-order valence-corrected chi connectivity index (χ0v) is 11.7. The summed E-state index contributed by atoms with van der Waals surface area (Å²) in [6, 6.07) is 1.20. The summed E-state index contributed by atoms with van der Waals surface area (Å²) in [6.45, 7) is 9.33. The van der Waals surface area contributed by atoms with Gasteiger partial charge in [0.1, 0.15) is 0 Å². The molecule has 1 aromatic rings. The highest BCUT2D eigenvalue weighted by atomic mass is 19.2. The van der Waals surface area contributed by atoms with Gasteiger partial charge in [-0.1, -0.05) is 0 Å². The molecule has 0 saturated heterocycles. The lowest BCUT2D eigenvalue weighted by Gasteiger charge is -2.30. The fraction of sp³-hybridized carbons (Fsp3) is 0.615. The predicted molar refractivity (Wildman–Crippen MR) is 69.6 cm³/mol. The lowest BCUT2D eigenvalue weighted by molar-refractivity contribution is 0.182. The maximum atomic E-state index is 13.3. The van der Waals surface area contributed by atoms with Gasteiger partial charge in [-0.3, -0.25) is 4.90 Å². The summed E-state index contributed by atoms with van der Waals surface area (Å²) in [6.07, 6.45) is 0. The fourth-order valence-corrected chi connectivity index (χ4v) is 1.98. The van der Waals surface area contributed by atoms with E-state index in [1.54, 1.807) is 0 Å². The molecule has 108 valence electrons. The molecule has 0 bridgehead atoms. The van der Waals surface area contributed by atoms with Gasteiger partial charge in [0.2, 0.25) is 0 Å². The van der Waals surface area contributed by atoms with E-state index in [9.17, 15) is 13.2 Å². The third kappa shape index (κ3) is 4.38. The van der Waals surface area contributed by atoms with Crippen LogP contribution in [0.4, 0.5) is 19.0 Å². The first-order valence-electron chi connectivity index (χ1n) is 6.34. The Labute approximate surface area is 111 Å². The van der Waals surface area contributed by atoms with E-state index in [4.69, 9.17) is 0 Å². The second kappa shape index (κ2) is 6.75. The molecule has 0 amide bonds. The highest BCUT2D eigenvalue weighted by molar-refractivity contribution is 5.36. The maximum Gasteiger partial charge on any atom is 0.251 e. The Morgan fingerprint density at radius 3 is 2.21 bits per heavy atom. The number of hydrogen-bond acceptors (Lipinski definition) is 3. The summed E-state index contributed by atoms with van der Waals surface area (Å²) in [5, 5.41) is 2.69. The number of rotatable bonds is 6. The molecule has 0 fully saturated rings. The molecular weight excluding hydrogens is 255 g/mol. The van der Waals surface area contributed by atoms with Crippen LogP contribution >= 0.6 is 0 Å². The number of hydrogen-bond donors (Lipinski definition) is 1. The lowest BCUT2D eigenvalue weighted by atomic mass is 10.2. The first-order chi connectivity index (χ1) is 8.82. The first kappa shape index (κ1) is 15.8. The van der Waals surface area contributed by atoms with Crippen LogP contribution in [0, 0.1) is 17.6 Å². The van der Waals surface area contributed by atoms with Gasteiger partial charge in [0.15, 0.2) is 17.5 Å². The Kier molecular flexibility index (Phi) is 5.60. The molecule has 0 aromatic carbocycles. The van der Waals surface area contributed by atoms with Crippen molar-refractivity contribution >= 4 is 5.82 Å². The van der Waals surface area contributed by atoms with Crippen LogP contribution in [0.3, 0.4) is 0 Å². The predicted octanol–water partition coefficient (Wildman–Crippen LogP) is 3.03. The normalized spacial score (nSPS) is 11.7. The first-order valence-corrected chi connectivity index (χ1v) is 6.34. The van der Waals surface area contributed by atoms with Crippen molar-refractivity contribution in [2.24, 2.45) is 0 Å². The number of halogens is 3. The fourth-order valence-electron chi connectivity index (χ4n) is 1.98. The summed E-state index contributed by atoms with van der Waals surface area (Å²) >= 11 is 0. The average molecular weight is 275 g/mol. The highest BCUT2D eigenvalue weighted by Gasteiger charge is 2.14. The molecule has 19 heavy (non-hydrogen) atoms. The van der Waals surface area contributed by atoms with Gasteiger partial charge in [0, 0.05) is 31.2 Å². The Morgan fingerprint density at radius 2 is 1.68 bits per heavy atom. The van der Waals surface area contributed by atoms with Gasteiger partial charge in [-0.25, -0.2) is 8.78 Å². The van der Waals surface area contributed by atoms with Crippen LogP contribution in [0.5, 0.6) is 0 Å². The molecule has 1 aromatic heterocycles. The van der Waals surface area contributed by atoms with Gasteiger partial charge in [0.25, 0.3) is 5.95 Å². The molecule has 0 aliphatic carbocycles. The topological polar surface area (TPSA) is 28.2 Å². The quantitative estimate of drug-likeness (QED) is 0.809. The molecule has 0 spiro atoms. The number of anilines is 1. The standard InChI is InChI=1S/C13H20F3N3/c1-8(2)19(9(3)4)6-5-17-13-11(15)7-10(14)12(16)18-13/h7-9H,5-6H2,1-4H3,(H,17,18). The number of nitrogens with one attached hydrogen (secondary N) is 1. The van der Waals surface area contributed by atoms with Crippen LogP contribution in [-0.2, 0) is 0 Å². The molecule has 1 N–H and O–H groups in total. The number of aromatic nitrogens is 1. The van der Waals surface area contributed by atoms with Crippen LogP contribution in [-0.4, -0.2) is 35.1 Å². The molecular formula is C13H20F3N3. The van der Waals surface area contributed by atoms with E-state index in [-0.39, 0.29) is 5.82 Å². The highest BCUT2D eigenvalue weighted by Crippen LogP contribution is 2.14. The monoisotopic (exact) mass is 275 g/mol. The van der Waals surface area contributed by atoms with E-state index >= 15 is 0 Å². The lowest BCUT2D eigenvalue weighted by Crippen LogP contribution is -2.40. The Hall–Kier alpha value is -1.30. The van der Waals surface area contributed by atoms with Crippen molar-refractivity contribution < 1.29 is 13.2 Å². The van der Waals surface area contributed by atoms with Crippen molar-refractivity contribution in [3.8, 4) is 0 Å². The van der Waals surface area contributed by atoms with Crippen LogP contribution in [0.2, 0.25) is 0 Å². The molecule has 0 aliphatic rings. The van der Waals surface area contributed by atoms with Gasteiger partial charge in [0.05, 0.1) is 0 Å². The van der Waals surface area contributed by atoms with E-state index in [0.29, 0.717) is 31.2 Å². The van der Waals surface area contributed by atoms with E-state index < -0.39 is 17.6 Å². The van der Waals surface area contributed by atoms with Crippen LogP contribution in [0.15, 0.2) is 6.07 Å². The van der Waals surface area contributed by atoms with Crippen molar-refractivity contribution in [1.82, 2.24) is 9.88 Å². The van der Waals surface area contributed by atoms with Crippen molar-refractivity contribution in [3.63, 3.8) is 0 Å². The van der Waals surface area contributed by atoms with Crippen molar-refractivity contribution in [3.05, 3.63) is 23.6 Å². The summed E-state index contributed by atoms with van der Waals surface area (Å²) in [4.78, 5) is 5.41. The van der Waals surface area contributed by atoms with Gasteiger partial charge in [-0.15, -0.1) is 0 Å². The zero-order valence-electron chi connectivity index (χ0n) is 11.7. The van der Waals surface area contributed by atoms with Gasteiger partial charge in [-0.05, 0) is 27.7 Å². The van der Waals surface area contributed by atoms with Crippen LogP contribution < -0.4 is 5.32 Å². The van der Waals surface area contributed by atoms with Crippen molar-refractivity contribution in [1.29, 1.82) is 0 Å².